The van der Waals surface area contributed by atoms with E-state index in [1.54, 1.807) is 0 Å². The molecule has 4 radical (unpaired) electrons. The zero-order valence-corrected chi connectivity index (χ0v) is 5.68. The van der Waals surface area contributed by atoms with E-state index in [0.29, 0.717) is 0 Å². The zero-order valence-electron chi connectivity index (χ0n) is 5.68. The summed E-state index contributed by atoms with van der Waals surface area (Å²) in [5.74, 6) is 0. The van der Waals surface area contributed by atoms with Gasteiger partial charge in [-0.2, -0.15) is 0 Å². The number of hydrogen-bond acceptors (Lipinski definition) is 1. The van der Waals surface area contributed by atoms with E-state index in [-0.39, 0.29) is 0 Å². The molecule has 0 unspecified atom stereocenters. The molecule has 0 aromatic heterocycles. The lowest BCUT2D eigenvalue weighted by Gasteiger charge is -1.91. The lowest BCUT2D eigenvalue weighted by molar-refractivity contribution is 0.148. The highest BCUT2D eigenvalue weighted by Gasteiger charge is 1.72. The van der Waals surface area contributed by atoms with E-state index < -0.39 is 0 Å². The van der Waals surface area contributed by atoms with Crippen LogP contribution in [0.1, 0.15) is 20.3 Å². The summed E-state index contributed by atoms with van der Waals surface area (Å²) >= 11 is 0. The molecule has 3 heteroatoms. The fourth-order valence-electron chi connectivity index (χ4n) is 0.289. The Morgan fingerprint density at radius 2 is 1.75 bits per heavy atom. The van der Waals surface area contributed by atoms with Gasteiger partial charge in [0.1, 0.15) is 0 Å². The smallest absolute Gasteiger partial charge is 0.0463 e. The molecule has 0 atom stereocenters. The van der Waals surface area contributed by atoms with Crippen LogP contribution in [0, 0.1) is 0 Å². The highest BCUT2D eigenvalue weighted by molar-refractivity contribution is 6.75. The fraction of sp³-hybridized carbons (Fsp3) is 1.00. The molecule has 0 aliphatic heterocycles. The Kier molecular flexibility index (Phi) is 21.5. The molecule has 0 N–H and O–H groups in total. The average molecular weight is 110 g/mol. The number of rotatable bonds is 3. The molecule has 0 fully saturated rings. The SMILES string of the molecule is CCCOCC.[B][B]. The molecule has 0 saturated heterocycles. The van der Waals surface area contributed by atoms with Crippen LogP contribution >= 0.6 is 0 Å². The van der Waals surface area contributed by atoms with Crippen molar-refractivity contribution in [2.24, 2.45) is 0 Å². The molecule has 0 bridgehead atoms. The molecular weight excluding hydrogens is 97.7 g/mol. The van der Waals surface area contributed by atoms with Crippen molar-refractivity contribution < 1.29 is 4.74 Å². The maximum absolute atomic E-state index is 4.98. The first-order chi connectivity index (χ1) is 3.91. The molecule has 0 aromatic carbocycles. The van der Waals surface area contributed by atoms with Crippen molar-refractivity contribution >= 4 is 15.5 Å². The van der Waals surface area contributed by atoms with Crippen LogP contribution in [0.4, 0.5) is 0 Å². The van der Waals surface area contributed by atoms with E-state index in [1.807, 2.05) is 6.92 Å². The van der Waals surface area contributed by atoms with Gasteiger partial charge in [-0.1, -0.05) is 6.92 Å². The highest BCUT2D eigenvalue weighted by atomic mass is 16.5. The van der Waals surface area contributed by atoms with Crippen LogP contribution in [-0.4, -0.2) is 28.7 Å². The molecule has 0 aliphatic carbocycles. The van der Waals surface area contributed by atoms with Crippen LogP contribution in [-0.2, 0) is 4.74 Å². The van der Waals surface area contributed by atoms with Gasteiger partial charge in [0.25, 0.3) is 0 Å². The second-order valence-corrected chi connectivity index (χ2v) is 1.20. The van der Waals surface area contributed by atoms with Gasteiger partial charge in [-0.25, -0.2) is 0 Å². The topological polar surface area (TPSA) is 9.23 Å². The van der Waals surface area contributed by atoms with Crippen LogP contribution in [0.2, 0.25) is 0 Å². The van der Waals surface area contributed by atoms with E-state index in [2.05, 4.69) is 22.4 Å². The van der Waals surface area contributed by atoms with Crippen molar-refractivity contribution in [3.05, 3.63) is 0 Å². The van der Waals surface area contributed by atoms with Crippen molar-refractivity contribution in [2.75, 3.05) is 13.2 Å². The second-order valence-electron chi connectivity index (χ2n) is 1.20. The quantitative estimate of drug-likeness (QED) is 0.383. The first-order valence-electron chi connectivity index (χ1n) is 2.82. The van der Waals surface area contributed by atoms with Gasteiger partial charge in [-0.3, -0.25) is 0 Å². The van der Waals surface area contributed by atoms with Gasteiger partial charge in [0.2, 0.25) is 0 Å². The normalized spacial score (nSPS) is 7.25. The Bertz CT molecular complexity index is 22.4. The maximum Gasteiger partial charge on any atom is 0.0463 e. The van der Waals surface area contributed by atoms with Crippen LogP contribution in [0.5, 0.6) is 0 Å². The van der Waals surface area contributed by atoms with Crippen molar-refractivity contribution in [1.82, 2.24) is 0 Å². The van der Waals surface area contributed by atoms with Gasteiger partial charge in [-0.05, 0) is 13.3 Å². The van der Waals surface area contributed by atoms with E-state index in [0.717, 1.165) is 19.6 Å². The Morgan fingerprint density at radius 1 is 1.25 bits per heavy atom. The summed E-state index contributed by atoms with van der Waals surface area (Å²) in [6.45, 7) is 5.88. The van der Waals surface area contributed by atoms with Gasteiger partial charge in [-0.15, -0.1) is 0 Å². The predicted molar refractivity (Wildman–Crippen MR) is 38.3 cm³/mol. The zero-order chi connectivity index (χ0) is 6.83. The predicted octanol–water partition coefficient (Wildman–Crippen LogP) is 0.671. The van der Waals surface area contributed by atoms with E-state index in [9.17, 15) is 0 Å². The molecule has 0 aromatic rings. The summed E-state index contributed by atoms with van der Waals surface area (Å²) in [7, 11) is 8.00. The molecule has 0 aliphatic rings. The summed E-state index contributed by atoms with van der Waals surface area (Å²) in [6, 6.07) is 0. The van der Waals surface area contributed by atoms with Gasteiger partial charge >= 0.3 is 0 Å². The van der Waals surface area contributed by atoms with Crippen molar-refractivity contribution in [3.63, 3.8) is 0 Å². The minimum atomic E-state index is 0.855. The second kappa shape index (κ2) is 15.7. The molecule has 0 amide bonds. The van der Waals surface area contributed by atoms with Crippen molar-refractivity contribution in [1.29, 1.82) is 0 Å². The first kappa shape index (κ1) is 11.0. The van der Waals surface area contributed by atoms with Crippen LogP contribution in [0.25, 0.3) is 0 Å². The average Bonchev–Trinajstić information content (AvgIpc) is 1.88. The molecule has 0 spiro atoms. The Labute approximate surface area is 54.6 Å². The molecule has 0 rings (SSSR count). The monoisotopic (exact) mass is 110 g/mol. The van der Waals surface area contributed by atoms with Crippen molar-refractivity contribution in [3.8, 4) is 0 Å². The van der Waals surface area contributed by atoms with Gasteiger partial charge in [0.15, 0.2) is 0 Å². The number of hydrogen-bond donors (Lipinski definition) is 0. The third-order valence-electron chi connectivity index (χ3n) is 0.553. The lowest BCUT2D eigenvalue weighted by Crippen LogP contribution is -1.88. The molecular formula is C5H12B2O. The fourth-order valence-corrected chi connectivity index (χ4v) is 0.289. The Balaban J connectivity index is 0. The third kappa shape index (κ3) is 16.5. The molecule has 1 nitrogen and oxygen atoms in total. The van der Waals surface area contributed by atoms with E-state index >= 15 is 0 Å². The van der Waals surface area contributed by atoms with Crippen LogP contribution < -0.4 is 0 Å². The van der Waals surface area contributed by atoms with Crippen LogP contribution in [0.3, 0.4) is 0 Å². The summed E-state index contributed by atoms with van der Waals surface area (Å²) in [6.07, 6.45) is 1.13. The van der Waals surface area contributed by atoms with Gasteiger partial charge in [0.05, 0.1) is 0 Å². The molecule has 0 saturated carbocycles. The third-order valence-corrected chi connectivity index (χ3v) is 0.553. The maximum atomic E-state index is 4.98. The van der Waals surface area contributed by atoms with Gasteiger partial charge < -0.3 is 4.74 Å². The van der Waals surface area contributed by atoms with Crippen molar-refractivity contribution in [2.45, 2.75) is 20.3 Å². The van der Waals surface area contributed by atoms with E-state index in [4.69, 9.17) is 4.74 Å². The Hall–Kier alpha value is 0.0899. The highest BCUT2D eigenvalue weighted by Crippen LogP contribution is 1.75. The standard InChI is InChI=1S/C5H12O.B2/c1-3-5-6-4-2;1-2/h3-5H2,1-2H3;. The summed E-state index contributed by atoms with van der Waals surface area (Å²) in [5, 5.41) is 0. The number of ether oxygens (including phenoxy) is 1. The minimum Gasteiger partial charge on any atom is -0.382 e. The molecule has 0 heterocycles. The molecule has 44 valence electrons. The van der Waals surface area contributed by atoms with E-state index in [1.165, 1.54) is 0 Å². The lowest BCUT2D eigenvalue weighted by atomic mass is 9.81. The Morgan fingerprint density at radius 3 is 1.88 bits per heavy atom. The summed E-state index contributed by atoms with van der Waals surface area (Å²) in [4.78, 5) is 0. The van der Waals surface area contributed by atoms with Crippen LogP contribution in [0.15, 0.2) is 0 Å². The summed E-state index contributed by atoms with van der Waals surface area (Å²) in [5.41, 5.74) is 0. The first-order valence-corrected chi connectivity index (χ1v) is 2.82. The minimum absolute atomic E-state index is 0.855. The van der Waals surface area contributed by atoms with Gasteiger partial charge in [0, 0.05) is 28.7 Å². The molecule has 8 heavy (non-hydrogen) atoms. The largest absolute Gasteiger partial charge is 0.382 e. The summed E-state index contributed by atoms with van der Waals surface area (Å²) < 4.78 is 4.98.